The monoisotopic (exact) mass is 248 g/mol. The second-order valence-electron chi connectivity index (χ2n) is 4.48. The van der Waals surface area contributed by atoms with Gasteiger partial charge in [-0.15, -0.1) is 0 Å². The summed E-state index contributed by atoms with van der Waals surface area (Å²) in [6, 6.07) is 0.606. The van der Waals surface area contributed by atoms with Crippen molar-refractivity contribution in [1.82, 2.24) is 10.2 Å². The van der Waals surface area contributed by atoms with Crippen LogP contribution in [-0.2, 0) is 9.84 Å². The summed E-state index contributed by atoms with van der Waals surface area (Å²) < 4.78 is 22.7. The van der Waals surface area contributed by atoms with Gasteiger partial charge < -0.3 is 5.32 Å². The standard InChI is InChI=1S/C11H24N2O2S/c1-3-16(14,15)9-5-8-13-7-4-6-11(13)10-12-2/h11-12H,3-10H2,1-2H3. The maximum absolute atomic E-state index is 11.3. The number of hydrogen-bond donors (Lipinski definition) is 1. The molecule has 1 N–H and O–H groups in total. The molecule has 0 bridgehead atoms. The summed E-state index contributed by atoms with van der Waals surface area (Å²) in [5.41, 5.74) is 0. The van der Waals surface area contributed by atoms with Crippen molar-refractivity contribution in [3.63, 3.8) is 0 Å². The Morgan fingerprint density at radius 3 is 2.81 bits per heavy atom. The zero-order chi connectivity index (χ0) is 12.0. The summed E-state index contributed by atoms with van der Waals surface area (Å²) in [5, 5.41) is 3.20. The van der Waals surface area contributed by atoms with Gasteiger partial charge in [-0.1, -0.05) is 6.92 Å². The molecular formula is C11H24N2O2S. The molecule has 1 aliphatic rings. The lowest BCUT2D eigenvalue weighted by Gasteiger charge is -2.23. The van der Waals surface area contributed by atoms with E-state index in [4.69, 9.17) is 0 Å². The van der Waals surface area contributed by atoms with E-state index in [9.17, 15) is 8.42 Å². The van der Waals surface area contributed by atoms with E-state index in [-0.39, 0.29) is 5.75 Å². The third kappa shape index (κ3) is 4.39. The maximum atomic E-state index is 11.3. The Morgan fingerprint density at radius 2 is 2.19 bits per heavy atom. The summed E-state index contributed by atoms with van der Waals surface area (Å²) in [6.45, 7) is 4.78. The third-order valence-corrected chi connectivity index (χ3v) is 5.07. The Bertz CT molecular complexity index is 290. The molecule has 1 atom stereocenters. The first-order chi connectivity index (χ1) is 7.59. The van der Waals surface area contributed by atoms with E-state index in [1.807, 2.05) is 7.05 Å². The molecule has 0 aliphatic carbocycles. The fourth-order valence-corrected chi connectivity index (χ4v) is 3.15. The molecule has 1 rings (SSSR count). The van der Waals surface area contributed by atoms with Crippen molar-refractivity contribution in [3.05, 3.63) is 0 Å². The lowest BCUT2D eigenvalue weighted by atomic mass is 10.2. The Balaban J connectivity index is 2.27. The first kappa shape index (κ1) is 13.9. The van der Waals surface area contributed by atoms with E-state index < -0.39 is 9.84 Å². The predicted octanol–water partition coefficient (Wildman–Crippen LogP) is 0.495. The molecule has 0 aromatic heterocycles. The maximum Gasteiger partial charge on any atom is 0.150 e. The van der Waals surface area contributed by atoms with Crippen LogP contribution in [0.4, 0.5) is 0 Å². The van der Waals surface area contributed by atoms with E-state index in [1.54, 1.807) is 6.92 Å². The lowest BCUT2D eigenvalue weighted by Crippen LogP contribution is -2.37. The topological polar surface area (TPSA) is 49.4 Å². The average Bonchev–Trinajstić information content (AvgIpc) is 2.66. The highest BCUT2D eigenvalue weighted by Gasteiger charge is 2.23. The molecule has 1 aliphatic heterocycles. The molecular weight excluding hydrogens is 224 g/mol. The predicted molar refractivity (Wildman–Crippen MR) is 67.5 cm³/mol. The zero-order valence-electron chi connectivity index (χ0n) is 10.4. The van der Waals surface area contributed by atoms with E-state index in [1.165, 1.54) is 12.8 Å². The molecule has 1 fully saturated rings. The largest absolute Gasteiger partial charge is 0.318 e. The minimum Gasteiger partial charge on any atom is -0.318 e. The van der Waals surface area contributed by atoms with Gasteiger partial charge in [0, 0.05) is 18.3 Å². The molecule has 0 aromatic rings. The summed E-state index contributed by atoms with van der Waals surface area (Å²) in [5.74, 6) is 0.610. The highest BCUT2D eigenvalue weighted by molar-refractivity contribution is 7.91. The van der Waals surface area contributed by atoms with Gasteiger partial charge >= 0.3 is 0 Å². The number of likely N-dealkylation sites (N-methyl/N-ethyl adjacent to an activating group) is 1. The van der Waals surface area contributed by atoms with Gasteiger partial charge in [-0.25, -0.2) is 8.42 Å². The van der Waals surface area contributed by atoms with Gasteiger partial charge in [0.05, 0.1) is 5.75 Å². The molecule has 1 saturated heterocycles. The van der Waals surface area contributed by atoms with Crippen LogP contribution in [-0.4, -0.2) is 57.5 Å². The first-order valence-corrected chi connectivity index (χ1v) is 8.00. The van der Waals surface area contributed by atoms with Crippen molar-refractivity contribution in [3.8, 4) is 0 Å². The number of rotatable bonds is 7. The molecule has 0 spiro atoms. The molecule has 96 valence electrons. The van der Waals surface area contributed by atoms with Gasteiger partial charge in [-0.05, 0) is 39.4 Å². The number of nitrogens with zero attached hydrogens (tertiary/aromatic N) is 1. The van der Waals surface area contributed by atoms with Crippen LogP contribution in [0.3, 0.4) is 0 Å². The molecule has 0 radical (unpaired) electrons. The smallest absolute Gasteiger partial charge is 0.150 e. The third-order valence-electron chi connectivity index (χ3n) is 3.28. The van der Waals surface area contributed by atoms with Crippen molar-refractivity contribution in [2.24, 2.45) is 0 Å². The van der Waals surface area contributed by atoms with Crippen LogP contribution < -0.4 is 5.32 Å². The van der Waals surface area contributed by atoms with Crippen molar-refractivity contribution in [2.75, 3.05) is 38.2 Å². The van der Waals surface area contributed by atoms with Crippen LogP contribution in [0.2, 0.25) is 0 Å². The fourth-order valence-electron chi connectivity index (χ4n) is 2.29. The van der Waals surface area contributed by atoms with Crippen LogP contribution in [0, 0.1) is 0 Å². The van der Waals surface area contributed by atoms with E-state index in [0.717, 1.165) is 26.1 Å². The number of nitrogens with one attached hydrogen (secondary N) is 1. The molecule has 5 heteroatoms. The van der Waals surface area contributed by atoms with E-state index in [0.29, 0.717) is 11.8 Å². The average molecular weight is 248 g/mol. The number of hydrogen-bond acceptors (Lipinski definition) is 4. The number of likely N-dealkylation sites (tertiary alicyclic amines) is 1. The van der Waals surface area contributed by atoms with Crippen LogP contribution in [0.5, 0.6) is 0 Å². The number of sulfone groups is 1. The summed E-state index contributed by atoms with van der Waals surface area (Å²) >= 11 is 0. The molecule has 0 amide bonds. The fraction of sp³-hybridized carbons (Fsp3) is 1.00. The van der Waals surface area contributed by atoms with Crippen molar-refractivity contribution in [2.45, 2.75) is 32.2 Å². The lowest BCUT2D eigenvalue weighted by molar-refractivity contribution is 0.251. The van der Waals surface area contributed by atoms with Crippen LogP contribution in [0.1, 0.15) is 26.2 Å². The SMILES string of the molecule is CCS(=O)(=O)CCCN1CCCC1CNC. The first-order valence-electron chi connectivity index (χ1n) is 6.18. The Labute approximate surface area is 99.3 Å². The summed E-state index contributed by atoms with van der Waals surface area (Å²) in [4.78, 5) is 2.42. The van der Waals surface area contributed by atoms with Gasteiger partial charge in [0.25, 0.3) is 0 Å². The van der Waals surface area contributed by atoms with Crippen LogP contribution >= 0.6 is 0 Å². The highest BCUT2D eigenvalue weighted by atomic mass is 32.2. The minimum absolute atomic E-state index is 0.271. The van der Waals surface area contributed by atoms with Crippen LogP contribution in [0.25, 0.3) is 0 Å². The normalized spacial score (nSPS) is 22.8. The van der Waals surface area contributed by atoms with Crippen LogP contribution in [0.15, 0.2) is 0 Å². The Kier molecular flexibility index (Phi) is 5.72. The molecule has 0 aromatic carbocycles. The van der Waals surface area contributed by atoms with Gasteiger partial charge in [-0.2, -0.15) is 0 Å². The summed E-state index contributed by atoms with van der Waals surface area (Å²) in [7, 11) is -0.813. The summed E-state index contributed by atoms with van der Waals surface area (Å²) in [6.07, 6.45) is 3.25. The Morgan fingerprint density at radius 1 is 1.44 bits per heavy atom. The molecule has 0 saturated carbocycles. The Hall–Kier alpha value is -0.130. The quantitative estimate of drug-likeness (QED) is 0.712. The molecule has 1 unspecified atom stereocenters. The second-order valence-corrected chi connectivity index (χ2v) is 6.95. The van der Waals surface area contributed by atoms with Gasteiger partial charge in [0.2, 0.25) is 0 Å². The zero-order valence-corrected chi connectivity index (χ0v) is 11.2. The molecule has 16 heavy (non-hydrogen) atoms. The van der Waals surface area contributed by atoms with Gasteiger partial charge in [0.1, 0.15) is 9.84 Å². The van der Waals surface area contributed by atoms with Crippen molar-refractivity contribution in [1.29, 1.82) is 0 Å². The highest BCUT2D eigenvalue weighted by Crippen LogP contribution is 2.16. The van der Waals surface area contributed by atoms with Crippen molar-refractivity contribution < 1.29 is 8.42 Å². The van der Waals surface area contributed by atoms with Gasteiger partial charge in [0.15, 0.2) is 0 Å². The molecule has 4 nitrogen and oxygen atoms in total. The van der Waals surface area contributed by atoms with Gasteiger partial charge in [-0.3, -0.25) is 4.90 Å². The van der Waals surface area contributed by atoms with E-state index in [2.05, 4.69) is 10.2 Å². The van der Waals surface area contributed by atoms with E-state index >= 15 is 0 Å². The minimum atomic E-state index is -2.78. The second kappa shape index (κ2) is 6.57. The van der Waals surface area contributed by atoms with Crippen molar-refractivity contribution >= 4 is 9.84 Å². The molecule has 1 heterocycles.